The van der Waals surface area contributed by atoms with Crippen LogP contribution >= 0.6 is 11.6 Å². The van der Waals surface area contributed by atoms with E-state index < -0.39 is 17.5 Å². The number of nitrogens with zero attached hydrogens (tertiary/aromatic N) is 5. The summed E-state index contributed by atoms with van der Waals surface area (Å²) in [4.78, 5) is 14.1. The van der Waals surface area contributed by atoms with Gasteiger partial charge in [-0.1, -0.05) is 35.9 Å². The Morgan fingerprint density at radius 2 is 1.89 bits per heavy atom. The summed E-state index contributed by atoms with van der Waals surface area (Å²) in [5, 5.41) is 0. The van der Waals surface area contributed by atoms with E-state index in [1.54, 1.807) is 31.6 Å². The molecule has 0 fully saturated rings. The average molecular weight is 406 g/mol. The zero-order chi connectivity index (χ0) is 19.9. The van der Waals surface area contributed by atoms with Crippen LogP contribution in [0.3, 0.4) is 0 Å². The summed E-state index contributed by atoms with van der Waals surface area (Å²) < 4.78 is 40.0. The molecule has 0 N–H and O–H groups in total. The molecule has 1 unspecified atom stereocenters. The highest BCUT2D eigenvalue weighted by Crippen LogP contribution is 2.31. The van der Waals surface area contributed by atoms with Crippen molar-refractivity contribution in [2.75, 3.05) is 4.90 Å². The van der Waals surface area contributed by atoms with Gasteiger partial charge in [-0.05, 0) is 17.7 Å². The number of alkyl halides is 4. The first kappa shape index (κ1) is 18.5. The van der Waals surface area contributed by atoms with Gasteiger partial charge in [0.2, 0.25) is 0 Å². The monoisotopic (exact) mass is 405 g/mol. The molecule has 5 nitrogen and oxygen atoms in total. The number of aromatic nitrogens is 3. The molecule has 1 atom stereocenters. The number of rotatable bonds is 3. The van der Waals surface area contributed by atoms with Gasteiger partial charge in [-0.25, -0.2) is 4.98 Å². The zero-order valence-corrected chi connectivity index (χ0v) is 15.5. The molecular formula is C19H15ClF3N5. The van der Waals surface area contributed by atoms with Crippen LogP contribution in [0.25, 0.3) is 11.4 Å². The molecular weight excluding hydrogens is 391 g/mol. The lowest BCUT2D eigenvalue weighted by atomic mass is 10.1. The lowest BCUT2D eigenvalue weighted by Gasteiger charge is -2.30. The van der Waals surface area contributed by atoms with E-state index in [-0.39, 0.29) is 5.82 Å². The van der Waals surface area contributed by atoms with Crippen molar-refractivity contribution < 1.29 is 13.2 Å². The van der Waals surface area contributed by atoms with E-state index >= 15 is 0 Å². The third-order valence-electron chi connectivity index (χ3n) is 4.43. The number of aryl methyl sites for hydroxylation is 1. The number of benzene rings is 1. The largest absolute Gasteiger partial charge is 0.434 e. The number of fused-ring (bicyclic) bond motifs is 1. The van der Waals surface area contributed by atoms with E-state index in [1.165, 1.54) is 4.57 Å². The van der Waals surface area contributed by atoms with Gasteiger partial charge >= 0.3 is 6.18 Å². The SMILES string of the molecule is Cn1cc(C(F)(F)F)nc1-c1ccc(CN2c3cccnc3C=NC2Cl)cc1. The lowest BCUT2D eigenvalue weighted by molar-refractivity contribution is -0.140. The van der Waals surface area contributed by atoms with Crippen LogP contribution in [0.5, 0.6) is 0 Å². The van der Waals surface area contributed by atoms with Gasteiger partial charge in [0.15, 0.2) is 11.3 Å². The van der Waals surface area contributed by atoms with Crippen LogP contribution in [0.4, 0.5) is 18.9 Å². The van der Waals surface area contributed by atoms with Crippen molar-refractivity contribution in [3.05, 3.63) is 65.7 Å². The number of anilines is 1. The summed E-state index contributed by atoms with van der Waals surface area (Å²) in [7, 11) is 1.54. The van der Waals surface area contributed by atoms with Crippen molar-refractivity contribution in [2.24, 2.45) is 12.0 Å². The summed E-state index contributed by atoms with van der Waals surface area (Å²) >= 11 is 6.33. The highest BCUT2D eigenvalue weighted by Gasteiger charge is 2.34. The number of halogens is 4. The van der Waals surface area contributed by atoms with Gasteiger partial charge in [0, 0.05) is 31.5 Å². The highest BCUT2D eigenvalue weighted by molar-refractivity contribution is 6.22. The van der Waals surface area contributed by atoms with E-state index in [0.717, 1.165) is 23.1 Å². The second-order valence-corrected chi connectivity index (χ2v) is 6.77. The summed E-state index contributed by atoms with van der Waals surface area (Å²) in [5.74, 6) is 0.256. The molecule has 0 saturated carbocycles. The second-order valence-electron chi connectivity index (χ2n) is 6.38. The van der Waals surface area contributed by atoms with E-state index in [2.05, 4.69) is 15.0 Å². The van der Waals surface area contributed by atoms with Crippen molar-refractivity contribution in [3.63, 3.8) is 0 Å². The van der Waals surface area contributed by atoms with Gasteiger partial charge in [-0.15, -0.1) is 0 Å². The Hall–Kier alpha value is -2.87. The molecule has 1 aromatic carbocycles. The molecule has 9 heteroatoms. The number of pyridine rings is 1. The number of hydrogen-bond donors (Lipinski definition) is 0. The van der Waals surface area contributed by atoms with Crippen molar-refractivity contribution in [1.29, 1.82) is 0 Å². The molecule has 0 amide bonds. The Kier molecular flexibility index (Phi) is 4.58. The topological polar surface area (TPSA) is 46.3 Å². The van der Waals surface area contributed by atoms with E-state index in [1.807, 2.05) is 29.2 Å². The molecule has 0 bridgehead atoms. The molecule has 0 aliphatic carbocycles. The van der Waals surface area contributed by atoms with Gasteiger partial charge in [0.25, 0.3) is 0 Å². The van der Waals surface area contributed by atoms with Gasteiger partial charge < -0.3 is 9.47 Å². The minimum absolute atomic E-state index is 0.256. The predicted molar refractivity (Wildman–Crippen MR) is 101 cm³/mol. The van der Waals surface area contributed by atoms with Crippen molar-refractivity contribution >= 4 is 23.5 Å². The fraction of sp³-hybridized carbons (Fsp3) is 0.211. The second kappa shape index (κ2) is 6.94. The molecule has 3 aromatic rings. The van der Waals surface area contributed by atoms with Crippen LogP contribution in [0, 0.1) is 0 Å². The standard InChI is InChI=1S/C19H15ClF3N5/c1-27-11-16(19(21,22)23)26-17(27)13-6-4-12(5-7-13)10-28-15-3-2-8-24-14(15)9-25-18(28)20/h2-9,11,18H,10H2,1H3. The van der Waals surface area contributed by atoms with Crippen molar-refractivity contribution in [3.8, 4) is 11.4 Å². The maximum atomic E-state index is 12.9. The molecule has 28 heavy (non-hydrogen) atoms. The average Bonchev–Trinajstić information content (AvgIpc) is 3.07. The fourth-order valence-corrected chi connectivity index (χ4v) is 3.30. The Morgan fingerprint density at radius 1 is 1.14 bits per heavy atom. The van der Waals surface area contributed by atoms with Crippen molar-refractivity contribution in [1.82, 2.24) is 14.5 Å². The molecule has 4 rings (SSSR count). The molecule has 1 aliphatic rings. The number of hydrogen-bond acceptors (Lipinski definition) is 4. The van der Waals surface area contributed by atoms with E-state index in [0.29, 0.717) is 12.1 Å². The third-order valence-corrected chi connectivity index (χ3v) is 4.78. The van der Waals surface area contributed by atoms with Gasteiger partial charge in [0.05, 0.1) is 11.9 Å². The van der Waals surface area contributed by atoms with Crippen LogP contribution in [-0.4, -0.2) is 26.4 Å². The van der Waals surface area contributed by atoms with Gasteiger partial charge in [0.1, 0.15) is 11.5 Å². The summed E-state index contributed by atoms with van der Waals surface area (Å²) in [6.45, 7) is 0.485. The Bertz CT molecular complexity index is 1030. The fourth-order valence-electron chi connectivity index (χ4n) is 3.07. The molecule has 1 aliphatic heterocycles. The molecule has 3 heterocycles. The lowest BCUT2D eigenvalue weighted by Crippen LogP contribution is -2.33. The Labute approximate surface area is 164 Å². The van der Waals surface area contributed by atoms with Gasteiger partial charge in [-0.3, -0.25) is 9.98 Å². The Balaban J connectivity index is 1.58. The first-order valence-corrected chi connectivity index (χ1v) is 8.85. The predicted octanol–water partition coefficient (Wildman–Crippen LogP) is 4.46. The van der Waals surface area contributed by atoms with Gasteiger partial charge in [-0.2, -0.15) is 13.2 Å². The van der Waals surface area contributed by atoms with Crippen LogP contribution in [0.2, 0.25) is 0 Å². The normalized spacial score (nSPS) is 16.3. The van der Waals surface area contributed by atoms with Crippen LogP contribution in [0.1, 0.15) is 17.0 Å². The first-order chi connectivity index (χ1) is 13.3. The number of imidazole rings is 1. The highest BCUT2D eigenvalue weighted by atomic mass is 35.5. The molecule has 0 saturated heterocycles. The molecule has 0 spiro atoms. The Morgan fingerprint density at radius 3 is 2.57 bits per heavy atom. The van der Waals surface area contributed by atoms with Crippen LogP contribution < -0.4 is 4.90 Å². The minimum atomic E-state index is -4.47. The number of aliphatic imine (C=N–C) groups is 1. The molecule has 144 valence electrons. The maximum Gasteiger partial charge on any atom is 0.434 e. The quantitative estimate of drug-likeness (QED) is 0.477. The summed E-state index contributed by atoms with van der Waals surface area (Å²) in [5.41, 5.74) is 1.69. The molecule has 2 aromatic heterocycles. The minimum Gasteiger partial charge on any atom is -0.333 e. The van der Waals surface area contributed by atoms with Crippen molar-refractivity contribution in [2.45, 2.75) is 18.3 Å². The maximum absolute atomic E-state index is 12.9. The van der Waals surface area contributed by atoms with E-state index in [4.69, 9.17) is 11.6 Å². The third kappa shape index (κ3) is 3.47. The van der Waals surface area contributed by atoms with E-state index in [9.17, 15) is 13.2 Å². The summed E-state index contributed by atoms with van der Waals surface area (Å²) in [6.07, 6.45) is -0.154. The summed E-state index contributed by atoms with van der Waals surface area (Å²) in [6, 6.07) is 10.9. The molecule has 0 radical (unpaired) electrons. The first-order valence-electron chi connectivity index (χ1n) is 8.42. The zero-order valence-electron chi connectivity index (χ0n) is 14.7. The van der Waals surface area contributed by atoms with Crippen LogP contribution in [-0.2, 0) is 19.8 Å². The smallest absolute Gasteiger partial charge is 0.333 e. The van der Waals surface area contributed by atoms with Crippen LogP contribution in [0.15, 0.2) is 53.8 Å².